The zero-order valence-electron chi connectivity index (χ0n) is 20.1. The van der Waals surface area contributed by atoms with E-state index in [0.717, 1.165) is 58.0 Å². The first-order valence-electron chi connectivity index (χ1n) is 10.7. The second-order valence-corrected chi connectivity index (χ2v) is 8.28. The normalized spacial score (nSPS) is 11.0. The summed E-state index contributed by atoms with van der Waals surface area (Å²) in [6.45, 7) is 16.8. The molecule has 0 spiro atoms. The second-order valence-electron chi connectivity index (χ2n) is 8.28. The fraction of sp³-hybridized carbons (Fsp3) is 0.520. The third kappa shape index (κ3) is 5.98. The Bertz CT molecular complexity index is 896. The van der Waals surface area contributed by atoms with Gasteiger partial charge in [-0.3, -0.25) is 4.90 Å². The Hall–Kier alpha value is -2.11. The molecule has 0 aromatic heterocycles. The Kier molecular flexibility index (Phi) is 9.98. The van der Waals surface area contributed by atoms with Crippen LogP contribution in [0.25, 0.3) is 0 Å². The van der Waals surface area contributed by atoms with Crippen molar-refractivity contribution >= 4 is 12.4 Å². The van der Waals surface area contributed by atoms with E-state index in [2.05, 4.69) is 25.7 Å². The van der Waals surface area contributed by atoms with Crippen molar-refractivity contribution in [3.63, 3.8) is 0 Å². The minimum absolute atomic E-state index is 0. The van der Waals surface area contributed by atoms with Gasteiger partial charge in [0.1, 0.15) is 29.6 Å². The number of phenolic OH excluding ortho intramolecular Hbond substituents is 2. The van der Waals surface area contributed by atoms with Gasteiger partial charge in [-0.15, -0.1) is 12.4 Å². The number of halogens is 1. The molecule has 174 valence electrons. The molecule has 0 atom stereocenters. The van der Waals surface area contributed by atoms with Gasteiger partial charge in [-0.2, -0.15) is 0 Å². The van der Waals surface area contributed by atoms with Crippen LogP contribution in [0.2, 0.25) is 0 Å². The van der Waals surface area contributed by atoms with E-state index in [-0.39, 0.29) is 18.3 Å². The number of hydrogen-bond acceptors (Lipinski definition) is 5. The number of phenols is 2. The predicted molar refractivity (Wildman–Crippen MR) is 129 cm³/mol. The Morgan fingerprint density at radius 1 is 1.00 bits per heavy atom. The summed E-state index contributed by atoms with van der Waals surface area (Å²) in [5, 5.41) is 20.5. The molecule has 0 fully saturated rings. The van der Waals surface area contributed by atoms with Crippen LogP contribution in [0.4, 0.5) is 0 Å². The molecule has 0 aliphatic heterocycles. The topological polar surface area (TPSA) is 62.2 Å². The number of aryl methyl sites for hydroxylation is 1. The molecule has 2 aromatic rings. The number of ether oxygens (including phenoxy) is 2. The maximum atomic E-state index is 10.5. The number of nitrogens with zero attached hydrogens (tertiary/aromatic N) is 1. The standard InChI is InChI=1S/C25H37NO4.ClH/c1-9-26(14-21-19(7)24(28)17(5)18(6)25(21)29-8)10-11-30-23-12-16(4)22(27)13-20(23)15(2)3;/h12-13,15,27-28H,9-11,14H2,1-8H3;1H. The van der Waals surface area contributed by atoms with Gasteiger partial charge in [0.25, 0.3) is 0 Å². The van der Waals surface area contributed by atoms with E-state index in [9.17, 15) is 10.2 Å². The molecule has 0 saturated heterocycles. The van der Waals surface area contributed by atoms with E-state index < -0.39 is 0 Å². The maximum absolute atomic E-state index is 10.5. The van der Waals surface area contributed by atoms with E-state index in [1.54, 1.807) is 13.2 Å². The van der Waals surface area contributed by atoms with E-state index in [4.69, 9.17) is 9.47 Å². The summed E-state index contributed by atoms with van der Waals surface area (Å²) in [4.78, 5) is 2.28. The quantitative estimate of drug-likeness (QED) is 0.505. The highest BCUT2D eigenvalue weighted by Gasteiger charge is 2.20. The Morgan fingerprint density at radius 2 is 1.65 bits per heavy atom. The van der Waals surface area contributed by atoms with E-state index in [1.807, 2.05) is 33.8 Å². The fourth-order valence-corrected chi connectivity index (χ4v) is 3.76. The lowest BCUT2D eigenvalue weighted by molar-refractivity contribution is 0.206. The van der Waals surface area contributed by atoms with Crippen molar-refractivity contribution in [2.75, 3.05) is 26.8 Å². The monoisotopic (exact) mass is 451 g/mol. The Balaban J connectivity index is 0.00000480. The zero-order valence-corrected chi connectivity index (χ0v) is 20.9. The average molecular weight is 452 g/mol. The minimum Gasteiger partial charge on any atom is -0.508 e. The molecule has 5 nitrogen and oxygen atoms in total. The van der Waals surface area contributed by atoms with Gasteiger partial charge in [-0.25, -0.2) is 0 Å². The Labute approximate surface area is 193 Å². The van der Waals surface area contributed by atoms with E-state index in [0.29, 0.717) is 24.7 Å². The highest BCUT2D eigenvalue weighted by atomic mass is 35.5. The maximum Gasteiger partial charge on any atom is 0.127 e. The van der Waals surface area contributed by atoms with Crippen molar-refractivity contribution < 1.29 is 19.7 Å². The molecule has 0 amide bonds. The molecule has 0 saturated carbocycles. The van der Waals surface area contributed by atoms with Crippen LogP contribution < -0.4 is 9.47 Å². The number of likely N-dealkylation sites (N-methyl/N-ethyl adjacent to an activating group) is 1. The first-order chi connectivity index (χ1) is 14.1. The third-order valence-corrected chi connectivity index (χ3v) is 5.99. The number of hydrogen-bond donors (Lipinski definition) is 2. The molecule has 0 bridgehead atoms. The summed E-state index contributed by atoms with van der Waals surface area (Å²) in [6, 6.07) is 3.72. The number of benzene rings is 2. The van der Waals surface area contributed by atoms with Crippen LogP contribution in [0.15, 0.2) is 12.1 Å². The van der Waals surface area contributed by atoms with Crippen molar-refractivity contribution in [2.24, 2.45) is 0 Å². The van der Waals surface area contributed by atoms with Crippen molar-refractivity contribution in [2.45, 2.75) is 60.9 Å². The molecule has 0 heterocycles. The lowest BCUT2D eigenvalue weighted by Gasteiger charge is -2.25. The second kappa shape index (κ2) is 11.5. The van der Waals surface area contributed by atoms with E-state index >= 15 is 0 Å². The molecule has 2 aromatic carbocycles. The largest absolute Gasteiger partial charge is 0.508 e. The first-order valence-corrected chi connectivity index (χ1v) is 10.7. The highest BCUT2D eigenvalue weighted by molar-refractivity contribution is 5.85. The van der Waals surface area contributed by atoms with Crippen LogP contribution in [-0.4, -0.2) is 41.9 Å². The van der Waals surface area contributed by atoms with Gasteiger partial charge in [0.2, 0.25) is 0 Å². The van der Waals surface area contributed by atoms with Crippen LogP contribution in [0.1, 0.15) is 60.1 Å². The smallest absolute Gasteiger partial charge is 0.127 e. The van der Waals surface area contributed by atoms with Gasteiger partial charge in [0, 0.05) is 24.2 Å². The first kappa shape index (κ1) is 26.9. The molecule has 6 heteroatoms. The number of rotatable bonds is 9. The summed E-state index contributed by atoms with van der Waals surface area (Å²) in [7, 11) is 1.68. The van der Waals surface area contributed by atoms with Gasteiger partial charge in [-0.1, -0.05) is 20.8 Å². The van der Waals surface area contributed by atoms with Crippen molar-refractivity contribution in [1.29, 1.82) is 0 Å². The number of aromatic hydroxyl groups is 2. The predicted octanol–water partition coefficient (Wildman–Crippen LogP) is 5.79. The molecular formula is C25H38ClNO4. The van der Waals surface area contributed by atoms with Gasteiger partial charge < -0.3 is 19.7 Å². The lowest BCUT2D eigenvalue weighted by Crippen LogP contribution is -2.28. The number of methoxy groups -OCH3 is 1. The van der Waals surface area contributed by atoms with Crippen LogP contribution in [-0.2, 0) is 6.54 Å². The Morgan fingerprint density at radius 3 is 2.19 bits per heavy atom. The fourth-order valence-electron chi connectivity index (χ4n) is 3.76. The summed E-state index contributed by atoms with van der Waals surface area (Å²) >= 11 is 0. The zero-order chi connectivity index (χ0) is 22.6. The van der Waals surface area contributed by atoms with Crippen molar-refractivity contribution in [3.05, 3.63) is 45.5 Å². The highest BCUT2D eigenvalue weighted by Crippen LogP contribution is 2.37. The third-order valence-electron chi connectivity index (χ3n) is 5.99. The molecule has 0 unspecified atom stereocenters. The summed E-state index contributed by atoms with van der Waals surface area (Å²) < 4.78 is 11.8. The summed E-state index contributed by atoms with van der Waals surface area (Å²) in [5.74, 6) is 2.58. The van der Waals surface area contributed by atoms with Crippen LogP contribution in [0.3, 0.4) is 0 Å². The van der Waals surface area contributed by atoms with Gasteiger partial charge >= 0.3 is 0 Å². The van der Waals surface area contributed by atoms with Crippen molar-refractivity contribution in [3.8, 4) is 23.0 Å². The molecule has 0 aliphatic carbocycles. The minimum atomic E-state index is 0. The van der Waals surface area contributed by atoms with Gasteiger partial charge in [0.15, 0.2) is 0 Å². The molecule has 31 heavy (non-hydrogen) atoms. The molecule has 0 radical (unpaired) electrons. The SMILES string of the molecule is CCN(CCOc1cc(C)c(O)cc1C(C)C)Cc1c(C)c(O)c(C)c(C)c1OC.Cl. The van der Waals surface area contributed by atoms with Gasteiger partial charge in [-0.05, 0) is 74.5 Å². The van der Waals surface area contributed by atoms with Gasteiger partial charge in [0.05, 0.1) is 7.11 Å². The lowest BCUT2D eigenvalue weighted by atomic mass is 9.97. The molecule has 0 aliphatic rings. The van der Waals surface area contributed by atoms with Crippen molar-refractivity contribution in [1.82, 2.24) is 4.90 Å². The molecular weight excluding hydrogens is 414 g/mol. The molecule has 2 rings (SSSR count). The summed E-state index contributed by atoms with van der Waals surface area (Å²) in [6.07, 6.45) is 0. The summed E-state index contributed by atoms with van der Waals surface area (Å²) in [5.41, 5.74) is 5.55. The average Bonchev–Trinajstić information content (AvgIpc) is 2.71. The molecule has 2 N–H and O–H groups in total. The van der Waals surface area contributed by atoms with Crippen LogP contribution in [0, 0.1) is 27.7 Å². The van der Waals surface area contributed by atoms with Crippen LogP contribution in [0.5, 0.6) is 23.0 Å². The van der Waals surface area contributed by atoms with Crippen LogP contribution >= 0.6 is 12.4 Å². The van der Waals surface area contributed by atoms with E-state index in [1.165, 1.54) is 0 Å².